The fourth-order valence-corrected chi connectivity index (χ4v) is 1.31. The highest BCUT2D eigenvalue weighted by molar-refractivity contribution is 6.24. The summed E-state index contributed by atoms with van der Waals surface area (Å²) in [6.07, 6.45) is 0.906. The monoisotopic (exact) mass is 216 g/mol. The average molecular weight is 217 g/mol. The van der Waals surface area contributed by atoms with E-state index in [-0.39, 0.29) is 15.1 Å². The molecule has 1 nitrogen and oxygen atoms in total. The van der Waals surface area contributed by atoms with Gasteiger partial charge >= 0.3 is 0 Å². The summed E-state index contributed by atoms with van der Waals surface area (Å²) in [6.45, 7) is 6.99. The molecule has 0 bridgehead atoms. The molecule has 70 valence electrons. The molecule has 4 heteroatoms. The Morgan fingerprint density at radius 1 is 1.55 bits per heavy atom. The van der Waals surface area contributed by atoms with Gasteiger partial charge in [0.25, 0.3) is 0 Å². The lowest BCUT2D eigenvalue weighted by Gasteiger charge is -1.92. The van der Waals surface area contributed by atoms with E-state index in [0.717, 1.165) is 13.0 Å². The van der Waals surface area contributed by atoms with Gasteiger partial charge in [0.1, 0.15) is 0 Å². The third-order valence-corrected chi connectivity index (χ3v) is 2.17. The molecule has 0 saturated carbocycles. The molecule has 1 unspecified atom stereocenters. The predicted molar refractivity (Wildman–Crippen MR) is 56.7 cm³/mol. The average Bonchev–Trinajstić information content (AvgIpc) is 1.90. The van der Waals surface area contributed by atoms with Gasteiger partial charge in [0.2, 0.25) is 0 Å². The number of rotatable bonds is 4. The molecule has 0 aromatic rings. The molecule has 1 atom stereocenters. The second-order valence-corrected chi connectivity index (χ2v) is 4.15. The molecule has 0 heterocycles. The van der Waals surface area contributed by atoms with Crippen LogP contribution in [0.25, 0.3) is 0 Å². The summed E-state index contributed by atoms with van der Waals surface area (Å²) in [4.78, 5) is 0. The van der Waals surface area contributed by atoms with E-state index in [4.69, 9.17) is 27.6 Å². The normalized spacial score (nSPS) is 12.8. The van der Waals surface area contributed by atoms with Crippen LogP contribution in [0.2, 0.25) is 6.55 Å². The Morgan fingerprint density at radius 2 is 2.09 bits per heavy atom. The number of alkyl halides is 2. The van der Waals surface area contributed by atoms with Crippen LogP contribution in [0.1, 0.15) is 20.3 Å². The fourth-order valence-electron chi connectivity index (χ4n) is 0.354. The summed E-state index contributed by atoms with van der Waals surface area (Å²) in [7, 11) is -0.0860. The van der Waals surface area contributed by atoms with Gasteiger partial charge < -0.3 is 4.43 Å². The van der Waals surface area contributed by atoms with Gasteiger partial charge in [-0.15, -0.1) is 23.2 Å². The Hall–Kier alpha value is 0.757. The zero-order chi connectivity index (χ0) is 9.11. The van der Waals surface area contributed by atoms with Crippen LogP contribution in [0.15, 0.2) is 0 Å². The second kappa shape index (κ2) is 13.4. The van der Waals surface area contributed by atoms with Crippen molar-refractivity contribution in [1.29, 1.82) is 0 Å². The lowest BCUT2D eigenvalue weighted by atomic mass is 10.4. The lowest BCUT2D eigenvalue weighted by molar-refractivity contribution is 0.364. The molecule has 0 aromatic carbocycles. The Bertz CT molecular complexity index is 60.4. The van der Waals surface area contributed by atoms with Crippen molar-refractivity contribution in [2.75, 3.05) is 12.5 Å². The molecular weight excluding hydrogens is 199 g/mol. The molecule has 0 rings (SSSR count). The first kappa shape index (κ1) is 14.3. The smallest absolute Gasteiger partial charge is 0.158 e. The Balaban J connectivity index is 0. The number of halogens is 2. The van der Waals surface area contributed by atoms with E-state index in [1.165, 1.54) is 0 Å². The molecule has 0 N–H and O–H groups in total. The van der Waals surface area contributed by atoms with Crippen molar-refractivity contribution < 1.29 is 4.43 Å². The quantitative estimate of drug-likeness (QED) is 0.519. The molecule has 11 heavy (non-hydrogen) atoms. The second-order valence-electron chi connectivity index (χ2n) is 2.04. The summed E-state index contributed by atoms with van der Waals surface area (Å²) in [5.74, 6) is 0.671. The Morgan fingerprint density at radius 3 is 2.09 bits per heavy atom. The van der Waals surface area contributed by atoms with Crippen LogP contribution in [-0.2, 0) is 4.43 Å². The molecule has 0 aliphatic heterocycles. The van der Waals surface area contributed by atoms with Crippen LogP contribution in [0.4, 0.5) is 0 Å². The van der Waals surface area contributed by atoms with Crippen LogP contribution in [0.3, 0.4) is 0 Å². The Kier molecular flexibility index (Phi) is 17.3. The van der Waals surface area contributed by atoms with Crippen LogP contribution < -0.4 is 0 Å². The standard InChI is InChI=1S/C4H8Cl2.C3H10OSi/c1-4(6)2-3-5;1-3-4-5-2/h4H,2-3H2,1H3;3,5H2,1-2H3. The highest BCUT2D eigenvalue weighted by Crippen LogP contribution is 1.99. The first-order chi connectivity index (χ1) is 5.18. The third kappa shape index (κ3) is 24.9. The maximum Gasteiger partial charge on any atom is 0.158 e. The Labute approximate surface area is 82.4 Å². The van der Waals surface area contributed by atoms with Gasteiger partial charge in [-0.1, -0.05) is 6.55 Å². The molecule has 0 radical (unpaired) electrons. The van der Waals surface area contributed by atoms with E-state index in [2.05, 4.69) is 6.55 Å². The van der Waals surface area contributed by atoms with E-state index >= 15 is 0 Å². The maximum absolute atomic E-state index is 5.49. The molecule has 0 saturated heterocycles. The molecule has 0 amide bonds. The van der Waals surface area contributed by atoms with Gasteiger partial charge in [-0.25, -0.2) is 0 Å². The summed E-state index contributed by atoms with van der Waals surface area (Å²) in [5, 5.41) is 0.238. The fraction of sp³-hybridized carbons (Fsp3) is 1.00. The van der Waals surface area contributed by atoms with E-state index in [1.54, 1.807) is 0 Å². The topological polar surface area (TPSA) is 9.23 Å². The molecular formula is C7H18Cl2OSi. The summed E-state index contributed by atoms with van der Waals surface area (Å²) >= 11 is 10.8. The highest BCUT2D eigenvalue weighted by atomic mass is 35.5. The predicted octanol–water partition coefficient (Wildman–Crippen LogP) is 2.40. The molecule has 0 fully saturated rings. The zero-order valence-corrected chi connectivity index (χ0v) is 10.5. The summed E-state index contributed by atoms with van der Waals surface area (Å²) in [6, 6.07) is 0. The summed E-state index contributed by atoms with van der Waals surface area (Å²) < 4.78 is 4.97. The molecule has 0 aliphatic rings. The van der Waals surface area contributed by atoms with Crippen LogP contribution in [0, 0.1) is 0 Å². The van der Waals surface area contributed by atoms with Crippen molar-refractivity contribution >= 4 is 33.0 Å². The van der Waals surface area contributed by atoms with Crippen LogP contribution in [0.5, 0.6) is 0 Å². The van der Waals surface area contributed by atoms with Gasteiger partial charge in [-0.2, -0.15) is 0 Å². The molecule has 0 spiro atoms. The van der Waals surface area contributed by atoms with Crippen LogP contribution in [-0.4, -0.2) is 27.6 Å². The molecule has 0 aliphatic carbocycles. The van der Waals surface area contributed by atoms with Gasteiger partial charge in [0.15, 0.2) is 9.76 Å². The van der Waals surface area contributed by atoms with Gasteiger partial charge in [0, 0.05) is 17.9 Å². The maximum atomic E-state index is 5.49. The zero-order valence-electron chi connectivity index (χ0n) is 7.57. The largest absolute Gasteiger partial charge is 0.425 e. The van der Waals surface area contributed by atoms with Gasteiger partial charge in [-0.05, 0) is 20.3 Å². The van der Waals surface area contributed by atoms with Gasteiger partial charge in [-0.3, -0.25) is 0 Å². The van der Waals surface area contributed by atoms with E-state index in [0.29, 0.717) is 5.88 Å². The van der Waals surface area contributed by atoms with E-state index in [9.17, 15) is 0 Å². The van der Waals surface area contributed by atoms with Crippen molar-refractivity contribution in [2.45, 2.75) is 32.2 Å². The van der Waals surface area contributed by atoms with Gasteiger partial charge in [0.05, 0.1) is 0 Å². The van der Waals surface area contributed by atoms with Crippen molar-refractivity contribution in [3.05, 3.63) is 0 Å². The van der Waals surface area contributed by atoms with Crippen molar-refractivity contribution in [3.8, 4) is 0 Å². The molecule has 0 aromatic heterocycles. The number of hydrogen-bond donors (Lipinski definition) is 0. The minimum atomic E-state index is -0.0860. The van der Waals surface area contributed by atoms with E-state index in [1.807, 2.05) is 13.8 Å². The highest BCUT2D eigenvalue weighted by Gasteiger charge is 1.89. The van der Waals surface area contributed by atoms with Crippen molar-refractivity contribution in [3.63, 3.8) is 0 Å². The SMILES string of the molecule is CC(Cl)CCCl.CCO[SiH2]C. The summed E-state index contributed by atoms with van der Waals surface area (Å²) in [5.41, 5.74) is 0. The number of hydrogen-bond acceptors (Lipinski definition) is 1. The third-order valence-electron chi connectivity index (χ3n) is 0.915. The first-order valence-electron chi connectivity index (χ1n) is 3.96. The van der Waals surface area contributed by atoms with Crippen molar-refractivity contribution in [1.82, 2.24) is 0 Å². The van der Waals surface area contributed by atoms with Crippen LogP contribution >= 0.6 is 23.2 Å². The van der Waals surface area contributed by atoms with E-state index < -0.39 is 0 Å². The lowest BCUT2D eigenvalue weighted by Crippen LogP contribution is -1.88. The van der Waals surface area contributed by atoms with Crippen molar-refractivity contribution in [2.24, 2.45) is 0 Å². The first-order valence-corrected chi connectivity index (χ1v) is 6.93. The minimum Gasteiger partial charge on any atom is -0.425 e. The minimum absolute atomic E-state index is 0.0860.